The number of rotatable bonds is 7. The lowest BCUT2D eigenvalue weighted by Gasteiger charge is -2.22. The van der Waals surface area contributed by atoms with Crippen LogP contribution in [-0.2, 0) is 6.54 Å². The molecule has 0 bridgehead atoms. The maximum absolute atomic E-state index is 12.1. The van der Waals surface area contributed by atoms with Gasteiger partial charge in [-0.2, -0.15) is 0 Å². The van der Waals surface area contributed by atoms with E-state index >= 15 is 0 Å². The second-order valence-corrected chi connectivity index (χ2v) is 9.59. The summed E-state index contributed by atoms with van der Waals surface area (Å²) in [5, 5.41) is 5.64. The first-order chi connectivity index (χ1) is 14.0. The van der Waals surface area contributed by atoms with E-state index in [0.29, 0.717) is 17.5 Å². The van der Waals surface area contributed by atoms with Gasteiger partial charge >= 0.3 is 5.63 Å². The largest absolute Gasteiger partial charge is 0.423 e. The molecule has 3 N–H and O–H groups in total. The van der Waals surface area contributed by atoms with Crippen LogP contribution in [0, 0.1) is 6.92 Å². The molecule has 0 spiro atoms. The summed E-state index contributed by atoms with van der Waals surface area (Å²) < 4.78 is 5.51. The molecule has 0 saturated carbocycles. The topological polar surface area (TPSA) is 51.3 Å². The smallest absolute Gasteiger partial charge is 0.336 e. The van der Waals surface area contributed by atoms with Crippen molar-refractivity contribution in [3.8, 4) is 0 Å². The SMILES string of the molecule is Cc1cc2oc(=O)cc(C[NH2+]C[C@H](c3cccs3)[NH+]3CCCC3)c2cc1C(C)C. The van der Waals surface area contributed by atoms with Crippen molar-refractivity contribution < 1.29 is 14.6 Å². The number of likely N-dealkylation sites (tertiary alicyclic amines) is 1. The van der Waals surface area contributed by atoms with Crippen molar-refractivity contribution in [2.75, 3.05) is 19.6 Å². The Hall–Kier alpha value is -1.95. The fourth-order valence-corrected chi connectivity index (χ4v) is 5.64. The lowest BCUT2D eigenvalue weighted by atomic mass is 9.95. The molecule has 1 aliphatic rings. The summed E-state index contributed by atoms with van der Waals surface area (Å²) in [4.78, 5) is 15.3. The standard InChI is InChI=1S/C24H30N2O2S/c1-16(2)19-13-20-18(12-24(27)28-22(20)11-17(19)3)14-25-15-21(23-7-6-10-29-23)26-8-4-5-9-26/h6-7,10-13,16,21,25H,4-5,8-9,14-15H2,1-3H3/p+2/t21-/m1/s1. The Morgan fingerprint density at radius 1 is 1.21 bits per heavy atom. The molecule has 2 aromatic heterocycles. The number of benzene rings is 1. The molecule has 1 aliphatic heterocycles. The summed E-state index contributed by atoms with van der Waals surface area (Å²) in [5.74, 6) is 0.449. The summed E-state index contributed by atoms with van der Waals surface area (Å²) in [7, 11) is 0. The van der Waals surface area contributed by atoms with Gasteiger partial charge in [0.05, 0.1) is 18.0 Å². The molecule has 4 nitrogen and oxygen atoms in total. The summed E-state index contributed by atoms with van der Waals surface area (Å²) in [5.41, 5.74) is 4.05. The van der Waals surface area contributed by atoms with Gasteiger partial charge in [-0.1, -0.05) is 19.9 Å². The molecule has 1 saturated heterocycles. The van der Waals surface area contributed by atoms with Gasteiger partial charge in [0.25, 0.3) is 0 Å². The third-order valence-electron chi connectivity index (χ3n) is 6.23. The molecule has 0 amide bonds. The molecule has 29 heavy (non-hydrogen) atoms. The van der Waals surface area contributed by atoms with E-state index in [2.05, 4.69) is 49.7 Å². The highest BCUT2D eigenvalue weighted by Gasteiger charge is 2.29. The average molecular weight is 413 g/mol. The van der Waals surface area contributed by atoms with Gasteiger partial charge < -0.3 is 14.6 Å². The lowest BCUT2D eigenvalue weighted by molar-refractivity contribution is -0.934. The fourth-order valence-electron chi connectivity index (χ4n) is 4.74. The van der Waals surface area contributed by atoms with Gasteiger partial charge in [-0.05, 0) is 47.5 Å². The highest BCUT2D eigenvalue weighted by molar-refractivity contribution is 7.10. The first-order valence-electron chi connectivity index (χ1n) is 10.8. The predicted molar refractivity (Wildman–Crippen MR) is 119 cm³/mol. The van der Waals surface area contributed by atoms with Crippen LogP contribution in [0.1, 0.15) is 60.2 Å². The molecular weight excluding hydrogens is 380 g/mol. The molecule has 0 radical (unpaired) electrons. The normalized spacial score (nSPS) is 16.1. The van der Waals surface area contributed by atoms with Gasteiger partial charge in [-0.15, -0.1) is 11.3 Å². The molecule has 0 aliphatic carbocycles. The van der Waals surface area contributed by atoms with Crippen molar-refractivity contribution in [3.05, 3.63) is 67.7 Å². The Bertz CT molecular complexity index is 1020. The van der Waals surface area contributed by atoms with Crippen molar-refractivity contribution >= 4 is 22.3 Å². The van der Waals surface area contributed by atoms with E-state index in [4.69, 9.17) is 4.42 Å². The number of thiophene rings is 1. The van der Waals surface area contributed by atoms with Crippen molar-refractivity contribution in [2.45, 2.75) is 52.1 Å². The number of nitrogens with two attached hydrogens (primary N) is 1. The number of quaternary nitrogens is 2. The predicted octanol–water partition coefficient (Wildman–Crippen LogP) is 2.77. The minimum atomic E-state index is -0.252. The van der Waals surface area contributed by atoms with Gasteiger partial charge in [0.1, 0.15) is 18.7 Å². The summed E-state index contributed by atoms with van der Waals surface area (Å²) in [6.07, 6.45) is 2.66. The molecule has 4 rings (SSSR count). The molecule has 3 aromatic rings. The number of hydrogen-bond acceptors (Lipinski definition) is 3. The zero-order valence-corrected chi connectivity index (χ0v) is 18.5. The Balaban J connectivity index is 1.57. The monoisotopic (exact) mass is 412 g/mol. The minimum Gasteiger partial charge on any atom is -0.423 e. The van der Waals surface area contributed by atoms with Crippen LogP contribution >= 0.6 is 11.3 Å². The van der Waals surface area contributed by atoms with Crippen LogP contribution in [0.25, 0.3) is 11.0 Å². The molecule has 1 atom stereocenters. The van der Waals surface area contributed by atoms with Crippen LogP contribution < -0.4 is 15.8 Å². The van der Waals surface area contributed by atoms with Crippen LogP contribution in [0.2, 0.25) is 0 Å². The van der Waals surface area contributed by atoms with Gasteiger partial charge in [0, 0.05) is 29.9 Å². The van der Waals surface area contributed by atoms with E-state index in [-0.39, 0.29) is 5.63 Å². The van der Waals surface area contributed by atoms with Crippen LogP contribution in [0.4, 0.5) is 0 Å². The van der Waals surface area contributed by atoms with Crippen molar-refractivity contribution in [2.24, 2.45) is 0 Å². The second kappa shape index (κ2) is 8.82. The Labute approximate surface area is 176 Å². The Morgan fingerprint density at radius 2 is 2.00 bits per heavy atom. The van der Waals surface area contributed by atoms with Crippen LogP contribution in [0.15, 0.2) is 44.9 Å². The van der Waals surface area contributed by atoms with E-state index in [1.807, 2.05) is 17.4 Å². The molecule has 1 aromatic carbocycles. The maximum atomic E-state index is 12.1. The lowest BCUT2D eigenvalue weighted by Crippen LogP contribution is -3.13. The summed E-state index contributed by atoms with van der Waals surface area (Å²) in [6, 6.07) is 10.9. The van der Waals surface area contributed by atoms with Gasteiger partial charge in [-0.25, -0.2) is 4.79 Å². The molecule has 1 fully saturated rings. The maximum Gasteiger partial charge on any atom is 0.336 e. The fraction of sp³-hybridized carbons (Fsp3) is 0.458. The van der Waals surface area contributed by atoms with E-state index in [0.717, 1.165) is 24.0 Å². The summed E-state index contributed by atoms with van der Waals surface area (Å²) in [6.45, 7) is 10.9. The minimum absolute atomic E-state index is 0.252. The van der Waals surface area contributed by atoms with Gasteiger partial charge in [-0.3, -0.25) is 0 Å². The zero-order valence-electron chi connectivity index (χ0n) is 17.7. The average Bonchev–Trinajstić information content (AvgIpc) is 3.38. The van der Waals surface area contributed by atoms with Crippen LogP contribution in [0.5, 0.6) is 0 Å². The second-order valence-electron chi connectivity index (χ2n) is 8.61. The first-order valence-corrected chi connectivity index (χ1v) is 11.7. The Kier molecular flexibility index (Phi) is 6.18. The molecule has 154 valence electrons. The van der Waals surface area contributed by atoms with Gasteiger partial charge in [0.15, 0.2) is 6.04 Å². The zero-order chi connectivity index (χ0) is 20.4. The quantitative estimate of drug-likeness (QED) is 0.587. The third-order valence-corrected chi connectivity index (χ3v) is 7.22. The highest BCUT2D eigenvalue weighted by atomic mass is 32.1. The number of aryl methyl sites for hydroxylation is 1. The number of hydrogen-bond donors (Lipinski definition) is 2. The number of nitrogens with one attached hydrogen (secondary N) is 1. The van der Waals surface area contributed by atoms with Crippen molar-refractivity contribution in [1.29, 1.82) is 0 Å². The van der Waals surface area contributed by atoms with E-state index < -0.39 is 0 Å². The van der Waals surface area contributed by atoms with E-state index in [1.54, 1.807) is 11.0 Å². The van der Waals surface area contributed by atoms with Crippen molar-refractivity contribution in [1.82, 2.24) is 0 Å². The molecule has 0 unspecified atom stereocenters. The summed E-state index contributed by atoms with van der Waals surface area (Å²) >= 11 is 1.87. The molecular formula is C24H32N2O2S+2. The van der Waals surface area contributed by atoms with E-state index in [1.165, 1.54) is 41.9 Å². The third kappa shape index (κ3) is 4.47. The molecule has 3 heterocycles. The van der Waals surface area contributed by atoms with E-state index in [9.17, 15) is 4.79 Å². The van der Waals surface area contributed by atoms with Gasteiger partial charge in [0.2, 0.25) is 0 Å². The van der Waals surface area contributed by atoms with Crippen molar-refractivity contribution in [3.63, 3.8) is 0 Å². The number of fused-ring (bicyclic) bond motifs is 1. The Morgan fingerprint density at radius 3 is 2.69 bits per heavy atom. The first kappa shape index (κ1) is 20.3. The molecule has 5 heteroatoms. The van der Waals surface area contributed by atoms with Crippen LogP contribution in [-0.4, -0.2) is 19.6 Å². The van der Waals surface area contributed by atoms with Crippen LogP contribution in [0.3, 0.4) is 0 Å². The highest BCUT2D eigenvalue weighted by Crippen LogP contribution is 2.26.